The summed E-state index contributed by atoms with van der Waals surface area (Å²) in [7, 11) is 0. The summed E-state index contributed by atoms with van der Waals surface area (Å²) in [6.45, 7) is 14.1. The second kappa shape index (κ2) is 5.27. The number of hydrogen-bond acceptors (Lipinski definition) is 1. The first kappa shape index (κ1) is 15.0. The van der Waals surface area contributed by atoms with E-state index in [2.05, 4.69) is 27.7 Å². The Morgan fingerprint density at radius 2 is 1.71 bits per heavy atom. The fourth-order valence-electron chi connectivity index (χ4n) is 4.62. The van der Waals surface area contributed by atoms with Gasteiger partial charge in [0.2, 0.25) is 0 Å². The summed E-state index contributed by atoms with van der Waals surface area (Å²) < 4.78 is 1.45. The van der Waals surface area contributed by atoms with Crippen LogP contribution in [0.25, 0.3) is 0 Å². The average Bonchev–Trinajstić information content (AvgIpc) is 2.63. The molecule has 1 aliphatic carbocycles. The van der Waals surface area contributed by atoms with Gasteiger partial charge in [0.05, 0.1) is 25.7 Å². The van der Waals surface area contributed by atoms with Crippen molar-refractivity contribution in [2.24, 2.45) is 11.3 Å². The van der Waals surface area contributed by atoms with Crippen LogP contribution < -0.4 is 0 Å². The van der Waals surface area contributed by atoms with Crippen LogP contribution in [0.2, 0.25) is 0 Å². The van der Waals surface area contributed by atoms with Gasteiger partial charge in [-0.1, -0.05) is 20.8 Å². The molecule has 1 N–H and O–H groups in total. The summed E-state index contributed by atoms with van der Waals surface area (Å²) >= 11 is 0. The lowest BCUT2D eigenvalue weighted by atomic mass is 9.69. The third-order valence-electron chi connectivity index (χ3n) is 5.22. The van der Waals surface area contributed by atoms with Gasteiger partial charge in [-0.3, -0.25) is 0 Å². The van der Waals surface area contributed by atoms with Crippen molar-refractivity contribution >= 4 is 0 Å². The fraction of sp³-hybridized carbons (Fsp3) is 1.00. The van der Waals surface area contributed by atoms with Crippen LogP contribution in [0, 0.1) is 11.3 Å². The van der Waals surface area contributed by atoms with E-state index in [1.54, 1.807) is 0 Å². The van der Waals surface area contributed by atoms with Gasteiger partial charge in [0.25, 0.3) is 0 Å². The fourth-order valence-corrected chi connectivity index (χ4v) is 4.62. The van der Waals surface area contributed by atoms with Crippen LogP contribution in [0.5, 0.6) is 0 Å². The number of quaternary nitrogens is 1. The van der Waals surface area contributed by atoms with E-state index in [-0.39, 0.29) is 5.48 Å². The van der Waals surface area contributed by atoms with Gasteiger partial charge in [0.1, 0.15) is 0 Å². The van der Waals surface area contributed by atoms with Gasteiger partial charge in [-0.05, 0) is 24.7 Å². The Morgan fingerprint density at radius 1 is 1.12 bits per heavy atom. The quantitative estimate of drug-likeness (QED) is 0.679. The van der Waals surface area contributed by atoms with Crippen molar-refractivity contribution in [3.63, 3.8) is 0 Å². The lowest BCUT2D eigenvalue weighted by Gasteiger charge is -2.48. The van der Waals surface area contributed by atoms with Gasteiger partial charge in [0, 0.05) is 25.7 Å². The van der Waals surface area contributed by atoms with E-state index < -0.39 is 0 Å². The highest BCUT2D eigenvalue weighted by Gasteiger charge is 2.44. The van der Waals surface area contributed by atoms with Gasteiger partial charge in [-0.2, -0.15) is 0 Å². The molecule has 1 saturated carbocycles. The van der Waals surface area contributed by atoms with E-state index in [0.29, 0.717) is 5.41 Å². The normalized spacial score (nSPS) is 35.3. The summed E-state index contributed by atoms with van der Waals surface area (Å²) in [6.07, 6.45) is 7.33. The number of nitrogens with zero attached hydrogens (tertiary/aromatic N) is 1. The van der Waals surface area contributed by atoms with Gasteiger partial charge in [-0.25, -0.2) is 0 Å². The average molecular weight is 241 g/mol. The maximum Gasteiger partial charge on any atom is 0.0898 e. The van der Waals surface area contributed by atoms with Crippen LogP contribution in [0.3, 0.4) is 0 Å². The number of rotatable bonds is 2. The first-order valence-electron chi connectivity index (χ1n) is 7.33. The van der Waals surface area contributed by atoms with Gasteiger partial charge in [-0.15, -0.1) is 0 Å². The van der Waals surface area contributed by atoms with Gasteiger partial charge >= 0.3 is 0 Å². The van der Waals surface area contributed by atoms with Crippen molar-refractivity contribution < 1.29 is 9.96 Å². The van der Waals surface area contributed by atoms with Gasteiger partial charge in [0.15, 0.2) is 0 Å². The van der Waals surface area contributed by atoms with Crippen LogP contribution in [0.15, 0.2) is 0 Å². The molecule has 0 radical (unpaired) electrons. The van der Waals surface area contributed by atoms with Crippen molar-refractivity contribution in [1.82, 2.24) is 0 Å². The molecule has 17 heavy (non-hydrogen) atoms. The van der Waals surface area contributed by atoms with E-state index in [0.717, 1.165) is 12.0 Å². The molecular formula is C15H31NO. The van der Waals surface area contributed by atoms with E-state index >= 15 is 0 Å². The standard InChI is InChI=1S/C15H30N.H2O/c1-5-16(8-6-7-9-16)14-10-13(2)11-15(3,4)12-14;/h13-14H,5-12H2,1-4H3;1H2/q+1;/p-1. The Labute approximate surface area is 107 Å². The zero-order valence-corrected chi connectivity index (χ0v) is 12.2. The lowest BCUT2D eigenvalue weighted by molar-refractivity contribution is -0.941. The monoisotopic (exact) mass is 241 g/mol. The topological polar surface area (TPSA) is 30.0 Å². The Hall–Kier alpha value is -0.0800. The largest absolute Gasteiger partial charge is 0.870 e. The summed E-state index contributed by atoms with van der Waals surface area (Å²) in [5.74, 6) is 0.941. The molecule has 2 fully saturated rings. The lowest BCUT2D eigenvalue weighted by Crippen LogP contribution is -2.56. The molecule has 102 valence electrons. The molecule has 0 aromatic carbocycles. The zero-order valence-electron chi connectivity index (χ0n) is 12.2. The Kier molecular flexibility index (Phi) is 4.65. The molecule has 1 aliphatic heterocycles. The maximum atomic E-state index is 2.48. The summed E-state index contributed by atoms with van der Waals surface area (Å²) in [6, 6.07) is 0.964. The summed E-state index contributed by atoms with van der Waals surface area (Å²) in [5.41, 5.74) is 0.589. The molecule has 2 aliphatic rings. The zero-order chi connectivity index (χ0) is 11.8. The molecule has 2 atom stereocenters. The minimum absolute atomic E-state index is 0. The molecule has 2 rings (SSSR count). The van der Waals surface area contributed by atoms with E-state index in [1.807, 2.05) is 0 Å². The minimum Gasteiger partial charge on any atom is -0.870 e. The van der Waals surface area contributed by atoms with Gasteiger partial charge < -0.3 is 9.96 Å². The molecule has 0 spiro atoms. The van der Waals surface area contributed by atoms with Crippen LogP contribution >= 0.6 is 0 Å². The van der Waals surface area contributed by atoms with Crippen LogP contribution in [-0.2, 0) is 0 Å². The highest BCUT2D eigenvalue weighted by atomic mass is 16.0. The van der Waals surface area contributed by atoms with Crippen LogP contribution in [-0.4, -0.2) is 35.6 Å². The molecule has 1 heterocycles. The smallest absolute Gasteiger partial charge is 0.0898 e. The van der Waals surface area contributed by atoms with E-state index in [4.69, 9.17) is 0 Å². The first-order chi connectivity index (χ1) is 7.47. The Balaban J connectivity index is 0.00000144. The third kappa shape index (κ3) is 3.03. The Bertz CT molecular complexity index is 243. The molecule has 0 aromatic heterocycles. The molecule has 0 bridgehead atoms. The van der Waals surface area contributed by atoms with Crippen molar-refractivity contribution in [3.8, 4) is 0 Å². The van der Waals surface area contributed by atoms with Crippen molar-refractivity contribution in [2.75, 3.05) is 19.6 Å². The van der Waals surface area contributed by atoms with E-state index in [9.17, 15) is 0 Å². The second-order valence-electron chi connectivity index (χ2n) is 7.26. The SMILES string of the molecule is CC[N+]1(C2CC(C)CC(C)(C)C2)CCCC1.[OH-]. The summed E-state index contributed by atoms with van der Waals surface area (Å²) in [5, 5.41) is 0. The number of likely N-dealkylation sites (tertiary alicyclic amines) is 1. The molecule has 1 saturated heterocycles. The predicted molar refractivity (Wildman–Crippen MR) is 72.3 cm³/mol. The Morgan fingerprint density at radius 3 is 2.18 bits per heavy atom. The van der Waals surface area contributed by atoms with Crippen molar-refractivity contribution in [3.05, 3.63) is 0 Å². The predicted octanol–water partition coefficient (Wildman–Crippen LogP) is 3.65. The third-order valence-corrected chi connectivity index (χ3v) is 5.22. The van der Waals surface area contributed by atoms with Crippen molar-refractivity contribution in [2.45, 2.75) is 65.8 Å². The molecule has 2 heteroatoms. The summed E-state index contributed by atoms with van der Waals surface area (Å²) in [4.78, 5) is 0. The van der Waals surface area contributed by atoms with Crippen molar-refractivity contribution in [1.29, 1.82) is 0 Å². The molecule has 0 aromatic rings. The maximum absolute atomic E-state index is 2.48. The minimum atomic E-state index is 0. The second-order valence-corrected chi connectivity index (χ2v) is 7.26. The number of hydrogen-bond donors (Lipinski definition) is 0. The highest BCUT2D eigenvalue weighted by Crippen LogP contribution is 2.43. The molecule has 2 unspecified atom stereocenters. The molecule has 2 nitrogen and oxygen atoms in total. The van der Waals surface area contributed by atoms with Crippen LogP contribution in [0.4, 0.5) is 0 Å². The molecule has 0 amide bonds. The first-order valence-corrected chi connectivity index (χ1v) is 7.33. The molecular weight excluding hydrogens is 210 g/mol. The highest BCUT2D eigenvalue weighted by molar-refractivity contribution is 4.84. The van der Waals surface area contributed by atoms with Crippen LogP contribution in [0.1, 0.15) is 59.8 Å². The van der Waals surface area contributed by atoms with E-state index in [1.165, 1.54) is 56.2 Å².